The molecule has 1 aromatic heterocycles. The van der Waals surface area contributed by atoms with Gasteiger partial charge in [0.15, 0.2) is 11.6 Å². The summed E-state index contributed by atoms with van der Waals surface area (Å²) in [5.74, 6) is -0.254. The summed E-state index contributed by atoms with van der Waals surface area (Å²) < 4.78 is 14.6. The molecule has 1 atom stereocenters. The van der Waals surface area contributed by atoms with Gasteiger partial charge in [0.05, 0.1) is 21.1 Å². The van der Waals surface area contributed by atoms with E-state index in [9.17, 15) is 4.39 Å². The van der Waals surface area contributed by atoms with E-state index in [4.69, 9.17) is 34.8 Å². The van der Waals surface area contributed by atoms with Crippen molar-refractivity contribution in [2.24, 2.45) is 0 Å². The van der Waals surface area contributed by atoms with Crippen molar-refractivity contribution in [2.45, 2.75) is 12.3 Å². The van der Waals surface area contributed by atoms with E-state index in [1.165, 1.54) is 16.8 Å². The summed E-state index contributed by atoms with van der Waals surface area (Å²) in [5.41, 5.74) is 0.453. The molecular weight excluding hydrogens is 289 g/mol. The lowest BCUT2D eigenvalue weighted by Gasteiger charge is -2.07. The van der Waals surface area contributed by atoms with Crippen LogP contribution in [0.5, 0.6) is 0 Å². The molecule has 90 valence electrons. The molecule has 2 aromatic rings. The third-order valence-corrected chi connectivity index (χ3v) is 2.81. The van der Waals surface area contributed by atoms with Crippen molar-refractivity contribution in [1.29, 1.82) is 0 Å². The molecule has 0 aliphatic rings. The smallest absolute Gasteiger partial charge is 0.174 e. The number of nitrogens with zero attached hydrogens (tertiary/aromatic N) is 4. The summed E-state index contributed by atoms with van der Waals surface area (Å²) in [5, 5.41) is 10.4. The Hall–Kier alpha value is -0.910. The fourth-order valence-corrected chi connectivity index (χ4v) is 1.90. The van der Waals surface area contributed by atoms with Crippen LogP contribution in [-0.4, -0.2) is 20.2 Å². The fourth-order valence-electron chi connectivity index (χ4n) is 1.29. The van der Waals surface area contributed by atoms with Crippen LogP contribution in [0.3, 0.4) is 0 Å². The van der Waals surface area contributed by atoms with Crippen LogP contribution in [-0.2, 0) is 0 Å². The fraction of sp³-hybridized carbons (Fsp3) is 0.222. The van der Waals surface area contributed by atoms with Crippen LogP contribution in [0.15, 0.2) is 12.1 Å². The number of halogens is 4. The molecule has 0 spiro atoms. The molecule has 0 amide bonds. The number of aromatic nitrogens is 4. The molecule has 1 heterocycles. The van der Waals surface area contributed by atoms with E-state index in [2.05, 4.69) is 15.5 Å². The Morgan fingerprint density at radius 2 is 1.88 bits per heavy atom. The first-order chi connectivity index (χ1) is 8.00. The summed E-state index contributed by atoms with van der Waals surface area (Å²) in [4.78, 5) is 0. The van der Waals surface area contributed by atoms with Crippen molar-refractivity contribution in [3.05, 3.63) is 33.8 Å². The van der Waals surface area contributed by atoms with Crippen molar-refractivity contribution in [1.82, 2.24) is 20.2 Å². The van der Waals surface area contributed by atoms with E-state index in [0.29, 0.717) is 11.5 Å². The van der Waals surface area contributed by atoms with Crippen LogP contribution in [0.2, 0.25) is 10.0 Å². The lowest BCUT2D eigenvalue weighted by molar-refractivity contribution is 0.627. The minimum atomic E-state index is -0.675. The second kappa shape index (κ2) is 4.76. The van der Waals surface area contributed by atoms with Crippen LogP contribution >= 0.6 is 34.8 Å². The lowest BCUT2D eigenvalue weighted by Crippen LogP contribution is -2.04. The van der Waals surface area contributed by atoms with Gasteiger partial charge in [-0.3, -0.25) is 0 Å². The zero-order valence-electron chi connectivity index (χ0n) is 8.53. The highest BCUT2D eigenvalue weighted by molar-refractivity contribution is 6.35. The molecule has 0 aliphatic carbocycles. The average molecular weight is 296 g/mol. The molecule has 8 heteroatoms. The standard InChI is InChI=1S/C9H6Cl3FN4/c1-4(10)9-14-15-16-17(9)5-2-6(11)8(13)7(12)3-5/h2-4H,1H3. The molecule has 0 saturated heterocycles. The van der Waals surface area contributed by atoms with E-state index in [-0.39, 0.29) is 10.0 Å². The van der Waals surface area contributed by atoms with Gasteiger partial charge in [0, 0.05) is 0 Å². The first-order valence-corrected chi connectivity index (χ1v) is 5.77. The summed E-state index contributed by atoms with van der Waals surface area (Å²) in [6.45, 7) is 1.72. The van der Waals surface area contributed by atoms with E-state index < -0.39 is 11.2 Å². The summed E-state index contributed by atoms with van der Waals surface area (Å²) in [6, 6.07) is 2.75. The van der Waals surface area contributed by atoms with Gasteiger partial charge in [-0.1, -0.05) is 23.2 Å². The van der Waals surface area contributed by atoms with Crippen LogP contribution in [0.1, 0.15) is 18.1 Å². The summed E-state index contributed by atoms with van der Waals surface area (Å²) >= 11 is 17.3. The van der Waals surface area contributed by atoms with E-state index >= 15 is 0 Å². The van der Waals surface area contributed by atoms with Gasteiger partial charge in [-0.2, -0.15) is 4.68 Å². The first kappa shape index (κ1) is 12.5. The number of hydrogen-bond acceptors (Lipinski definition) is 3. The number of tetrazole rings is 1. The van der Waals surface area contributed by atoms with Crippen molar-refractivity contribution in [3.63, 3.8) is 0 Å². The van der Waals surface area contributed by atoms with Gasteiger partial charge in [-0.15, -0.1) is 16.7 Å². The zero-order valence-corrected chi connectivity index (χ0v) is 10.8. The van der Waals surface area contributed by atoms with Gasteiger partial charge < -0.3 is 0 Å². The normalized spacial score (nSPS) is 12.8. The number of hydrogen-bond donors (Lipinski definition) is 0. The Labute approximate surface area is 111 Å². The van der Waals surface area contributed by atoms with Gasteiger partial charge in [0.2, 0.25) is 0 Å². The van der Waals surface area contributed by atoms with Crippen molar-refractivity contribution in [3.8, 4) is 5.69 Å². The van der Waals surface area contributed by atoms with Crippen LogP contribution in [0.4, 0.5) is 4.39 Å². The molecular formula is C9H6Cl3FN4. The van der Waals surface area contributed by atoms with Gasteiger partial charge in [-0.05, 0) is 29.5 Å². The summed E-state index contributed by atoms with van der Waals surface area (Å²) in [7, 11) is 0. The maximum Gasteiger partial charge on any atom is 0.174 e. The molecule has 4 nitrogen and oxygen atoms in total. The lowest BCUT2D eigenvalue weighted by atomic mass is 10.3. The maximum absolute atomic E-state index is 13.3. The number of benzene rings is 1. The van der Waals surface area contributed by atoms with Crippen LogP contribution in [0.25, 0.3) is 5.69 Å². The Kier molecular flexibility index (Phi) is 3.51. The zero-order chi connectivity index (χ0) is 12.6. The van der Waals surface area contributed by atoms with Gasteiger partial charge in [0.1, 0.15) is 0 Å². The van der Waals surface area contributed by atoms with Gasteiger partial charge in [-0.25, -0.2) is 4.39 Å². The van der Waals surface area contributed by atoms with Crippen molar-refractivity contribution in [2.75, 3.05) is 0 Å². The highest BCUT2D eigenvalue weighted by Gasteiger charge is 2.16. The molecule has 0 saturated carbocycles. The highest BCUT2D eigenvalue weighted by atomic mass is 35.5. The highest BCUT2D eigenvalue weighted by Crippen LogP contribution is 2.28. The predicted molar refractivity (Wildman–Crippen MR) is 63.4 cm³/mol. The van der Waals surface area contributed by atoms with Crippen molar-refractivity contribution < 1.29 is 4.39 Å². The van der Waals surface area contributed by atoms with E-state index in [1.807, 2.05) is 0 Å². The minimum Gasteiger partial charge on any atom is -0.204 e. The predicted octanol–water partition coefficient (Wildman–Crippen LogP) is 3.41. The van der Waals surface area contributed by atoms with Gasteiger partial charge in [0.25, 0.3) is 0 Å². The second-order valence-electron chi connectivity index (χ2n) is 3.29. The molecule has 17 heavy (non-hydrogen) atoms. The quantitative estimate of drug-likeness (QED) is 0.630. The average Bonchev–Trinajstić information content (AvgIpc) is 2.74. The molecule has 0 N–H and O–H groups in total. The SMILES string of the molecule is CC(Cl)c1nnnn1-c1cc(Cl)c(F)c(Cl)c1. The molecule has 2 rings (SSSR count). The van der Waals surface area contributed by atoms with Crippen LogP contribution in [0, 0.1) is 5.82 Å². The summed E-state index contributed by atoms with van der Waals surface area (Å²) in [6.07, 6.45) is 0. The van der Waals surface area contributed by atoms with Crippen molar-refractivity contribution >= 4 is 34.8 Å². The molecule has 0 bridgehead atoms. The van der Waals surface area contributed by atoms with Crippen LogP contribution < -0.4 is 0 Å². The van der Waals surface area contributed by atoms with Gasteiger partial charge >= 0.3 is 0 Å². The third kappa shape index (κ3) is 2.36. The first-order valence-electron chi connectivity index (χ1n) is 4.58. The third-order valence-electron chi connectivity index (χ3n) is 2.06. The monoisotopic (exact) mass is 294 g/mol. The van der Waals surface area contributed by atoms with E-state index in [0.717, 1.165) is 0 Å². The minimum absolute atomic E-state index is 0.101. The molecule has 0 aliphatic heterocycles. The molecule has 0 radical (unpaired) electrons. The molecule has 1 unspecified atom stereocenters. The number of rotatable bonds is 2. The second-order valence-corrected chi connectivity index (χ2v) is 4.76. The molecule has 0 fully saturated rings. The molecule has 1 aromatic carbocycles. The Morgan fingerprint density at radius 3 is 2.41 bits per heavy atom. The Bertz CT molecular complexity index is 532. The Balaban J connectivity index is 2.57. The number of alkyl halides is 1. The largest absolute Gasteiger partial charge is 0.204 e. The van der Waals surface area contributed by atoms with E-state index in [1.54, 1.807) is 6.92 Å². The topological polar surface area (TPSA) is 43.6 Å². The maximum atomic E-state index is 13.3. The Morgan fingerprint density at radius 1 is 1.29 bits per heavy atom.